The number of rotatable bonds is 6. The molecule has 0 spiro atoms. The van der Waals surface area contributed by atoms with E-state index in [1.807, 2.05) is 38.1 Å². The molecule has 1 amide bonds. The van der Waals surface area contributed by atoms with Gasteiger partial charge in [-0.2, -0.15) is 4.98 Å². The molecule has 0 aliphatic carbocycles. The summed E-state index contributed by atoms with van der Waals surface area (Å²) in [5.74, 6) is 0.963. The fraction of sp³-hybridized carbons (Fsp3) is 0.222. The Hall–Kier alpha value is -3.22. The first-order chi connectivity index (χ1) is 12.1. The Labute approximate surface area is 144 Å². The average molecular weight is 338 g/mol. The highest BCUT2D eigenvalue weighted by atomic mass is 16.5. The fourth-order valence-electron chi connectivity index (χ4n) is 2.31. The maximum Gasteiger partial charge on any atom is 0.268 e. The lowest BCUT2D eigenvalue weighted by Crippen LogP contribution is -2.12. The van der Waals surface area contributed by atoms with Gasteiger partial charge in [-0.15, -0.1) is 0 Å². The third-order valence-corrected chi connectivity index (χ3v) is 3.72. The number of pyridine rings is 1. The van der Waals surface area contributed by atoms with Crippen molar-refractivity contribution in [3.8, 4) is 17.1 Å². The van der Waals surface area contributed by atoms with Crippen LogP contribution >= 0.6 is 0 Å². The van der Waals surface area contributed by atoms with Gasteiger partial charge in [-0.3, -0.25) is 9.78 Å². The quantitative estimate of drug-likeness (QED) is 0.740. The lowest BCUT2D eigenvalue weighted by Gasteiger charge is -2.15. The molecular formula is C18H18N4O3. The Morgan fingerprint density at radius 2 is 2.08 bits per heavy atom. The van der Waals surface area contributed by atoms with E-state index in [1.54, 1.807) is 6.07 Å². The van der Waals surface area contributed by atoms with Crippen molar-refractivity contribution in [2.75, 3.05) is 0 Å². The predicted octanol–water partition coefficient (Wildman–Crippen LogP) is 3.07. The van der Waals surface area contributed by atoms with Crippen LogP contribution in [0.3, 0.4) is 0 Å². The molecule has 1 atom stereocenters. The number of hydrogen-bond donors (Lipinski definition) is 1. The molecule has 128 valence electrons. The van der Waals surface area contributed by atoms with E-state index in [-0.39, 0.29) is 11.8 Å². The Balaban J connectivity index is 1.81. The summed E-state index contributed by atoms with van der Waals surface area (Å²) in [6.45, 7) is 3.96. The summed E-state index contributed by atoms with van der Waals surface area (Å²) >= 11 is 0. The summed E-state index contributed by atoms with van der Waals surface area (Å²) < 4.78 is 11.4. The molecule has 2 heterocycles. The first-order valence-electron chi connectivity index (χ1n) is 7.90. The van der Waals surface area contributed by atoms with Crippen LogP contribution in [0.1, 0.15) is 41.4 Å². The fourth-order valence-corrected chi connectivity index (χ4v) is 2.31. The molecule has 0 fully saturated rings. The molecule has 0 saturated carbocycles. The number of benzene rings is 1. The van der Waals surface area contributed by atoms with E-state index < -0.39 is 5.91 Å². The number of carbonyl (C=O) groups is 1. The molecule has 7 nitrogen and oxygen atoms in total. The molecule has 0 aliphatic heterocycles. The summed E-state index contributed by atoms with van der Waals surface area (Å²) in [7, 11) is 0. The summed E-state index contributed by atoms with van der Waals surface area (Å²) in [5.41, 5.74) is 7.03. The Morgan fingerprint density at radius 3 is 2.72 bits per heavy atom. The zero-order valence-electron chi connectivity index (χ0n) is 14.0. The van der Waals surface area contributed by atoms with E-state index in [9.17, 15) is 4.79 Å². The van der Waals surface area contributed by atoms with E-state index in [0.717, 1.165) is 11.3 Å². The molecule has 0 saturated heterocycles. The van der Waals surface area contributed by atoms with Crippen LogP contribution in [-0.4, -0.2) is 21.0 Å². The molecule has 2 aromatic heterocycles. The van der Waals surface area contributed by atoms with Crippen molar-refractivity contribution in [3.05, 3.63) is 59.7 Å². The number of ether oxygens (including phenoxy) is 1. The molecule has 7 heteroatoms. The van der Waals surface area contributed by atoms with Gasteiger partial charge in [-0.1, -0.05) is 30.3 Å². The number of nitrogens with two attached hydrogens (primary N) is 1. The van der Waals surface area contributed by atoms with Crippen LogP contribution in [-0.2, 0) is 0 Å². The van der Waals surface area contributed by atoms with Crippen molar-refractivity contribution in [3.63, 3.8) is 0 Å². The number of para-hydroxylation sites is 1. The molecule has 3 rings (SSSR count). The Bertz CT molecular complexity index is 874. The van der Waals surface area contributed by atoms with Gasteiger partial charge in [0.1, 0.15) is 11.4 Å². The minimum atomic E-state index is -0.585. The predicted molar refractivity (Wildman–Crippen MR) is 90.9 cm³/mol. The number of aromatic nitrogens is 3. The molecule has 0 aliphatic rings. The molecule has 0 bridgehead atoms. The first-order valence-corrected chi connectivity index (χ1v) is 7.90. The first kappa shape index (κ1) is 16.6. The second-order valence-electron chi connectivity index (χ2n) is 5.53. The monoisotopic (exact) mass is 338 g/mol. The lowest BCUT2D eigenvalue weighted by atomic mass is 10.2. The summed E-state index contributed by atoms with van der Waals surface area (Å²) in [5, 5.41) is 3.97. The molecule has 3 aromatic rings. The maximum absolute atomic E-state index is 11.1. The van der Waals surface area contributed by atoms with Crippen LogP contribution in [0, 0.1) is 6.92 Å². The van der Waals surface area contributed by atoms with Gasteiger partial charge < -0.3 is 15.0 Å². The lowest BCUT2D eigenvalue weighted by molar-refractivity contribution is 0.0995. The highest BCUT2D eigenvalue weighted by Gasteiger charge is 2.20. The number of carbonyl (C=O) groups excluding carboxylic acids is 1. The third kappa shape index (κ3) is 3.65. The number of amides is 1. The summed E-state index contributed by atoms with van der Waals surface area (Å²) in [6.07, 6.45) is 1.81. The third-order valence-electron chi connectivity index (χ3n) is 3.72. The summed E-state index contributed by atoms with van der Waals surface area (Å²) in [6, 6.07) is 11.0. The minimum absolute atomic E-state index is 0.182. The van der Waals surface area contributed by atoms with Gasteiger partial charge in [0.05, 0.1) is 0 Å². The minimum Gasteiger partial charge on any atom is -0.480 e. The van der Waals surface area contributed by atoms with Gasteiger partial charge in [0, 0.05) is 11.8 Å². The number of nitrogens with zero attached hydrogens (tertiary/aromatic N) is 3. The van der Waals surface area contributed by atoms with E-state index in [1.165, 1.54) is 12.3 Å². The molecule has 1 aromatic carbocycles. The van der Waals surface area contributed by atoms with Crippen LogP contribution in [0.25, 0.3) is 11.4 Å². The molecular weight excluding hydrogens is 320 g/mol. The standard InChI is InChI=1S/C18H18N4O3/c1-3-14(24-15-7-5-4-6-11(15)2)18-21-17(22-25-18)12-8-9-13(16(19)23)20-10-12/h4-10,14H,3H2,1-2H3,(H2,19,23). The zero-order chi connectivity index (χ0) is 17.8. The van der Waals surface area contributed by atoms with Gasteiger partial charge in [0.25, 0.3) is 11.8 Å². The van der Waals surface area contributed by atoms with Gasteiger partial charge in [-0.05, 0) is 37.1 Å². The topological polar surface area (TPSA) is 104 Å². The average Bonchev–Trinajstić information content (AvgIpc) is 3.11. The van der Waals surface area contributed by atoms with E-state index in [2.05, 4.69) is 15.1 Å². The highest BCUT2D eigenvalue weighted by molar-refractivity contribution is 5.90. The molecule has 25 heavy (non-hydrogen) atoms. The van der Waals surface area contributed by atoms with Crippen molar-refractivity contribution >= 4 is 5.91 Å². The van der Waals surface area contributed by atoms with Gasteiger partial charge >= 0.3 is 0 Å². The SMILES string of the molecule is CCC(Oc1ccccc1C)c1nc(-c2ccc(C(N)=O)nc2)no1. The van der Waals surface area contributed by atoms with Crippen molar-refractivity contribution in [2.24, 2.45) is 5.73 Å². The Morgan fingerprint density at radius 1 is 1.28 bits per heavy atom. The van der Waals surface area contributed by atoms with Crippen LogP contribution in [0.2, 0.25) is 0 Å². The van der Waals surface area contributed by atoms with Crippen molar-refractivity contribution in [1.29, 1.82) is 0 Å². The maximum atomic E-state index is 11.1. The van der Waals surface area contributed by atoms with Crippen LogP contribution in [0.15, 0.2) is 47.1 Å². The number of hydrogen-bond acceptors (Lipinski definition) is 6. The number of primary amides is 1. The van der Waals surface area contributed by atoms with Crippen molar-refractivity contribution in [2.45, 2.75) is 26.4 Å². The zero-order valence-corrected chi connectivity index (χ0v) is 14.0. The Kier molecular flexibility index (Phi) is 4.74. The highest BCUT2D eigenvalue weighted by Crippen LogP contribution is 2.27. The van der Waals surface area contributed by atoms with Crippen molar-refractivity contribution in [1.82, 2.24) is 15.1 Å². The molecule has 0 radical (unpaired) electrons. The van der Waals surface area contributed by atoms with E-state index in [4.69, 9.17) is 15.0 Å². The van der Waals surface area contributed by atoms with E-state index >= 15 is 0 Å². The van der Waals surface area contributed by atoms with Crippen LogP contribution < -0.4 is 10.5 Å². The van der Waals surface area contributed by atoms with E-state index in [0.29, 0.717) is 23.7 Å². The van der Waals surface area contributed by atoms with Gasteiger partial charge in [-0.25, -0.2) is 0 Å². The van der Waals surface area contributed by atoms with Gasteiger partial charge in [0.15, 0.2) is 6.10 Å². The van der Waals surface area contributed by atoms with Gasteiger partial charge in [0.2, 0.25) is 5.82 Å². The smallest absolute Gasteiger partial charge is 0.268 e. The molecule has 2 N–H and O–H groups in total. The van der Waals surface area contributed by atoms with Crippen molar-refractivity contribution < 1.29 is 14.1 Å². The summed E-state index contributed by atoms with van der Waals surface area (Å²) in [4.78, 5) is 19.4. The normalized spacial score (nSPS) is 11.9. The second kappa shape index (κ2) is 7.12. The number of aryl methyl sites for hydroxylation is 1. The largest absolute Gasteiger partial charge is 0.480 e. The van der Waals surface area contributed by atoms with Crippen LogP contribution in [0.5, 0.6) is 5.75 Å². The molecule has 1 unspecified atom stereocenters. The second-order valence-corrected chi connectivity index (χ2v) is 5.53. The van der Waals surface area contributed by atoms with Crippen LogP contribution in [0.4, 0.5) is 0 Å².